The van der Waals surface area contributed by atoms with Gasteiger partial charge in [0.1, 0.15) is 16.7 Å². The minimum absolute atomic E-state index is 0.0833. The largest absolute Gasteiger partial charge is 0.379 e. The van der Waals surface area contributed by atoms with Gasteiger partial charge < -0.3 is 8.92 Å². The van der Waals surface area contributed by atoms with Crippen molar-refractivity contribution in [2.45, 2.75) is 31.5 Å². The molecule has 0 spiro atoms. The lowest BCUT2D eigenvalue weighted by molar-refractivity contribution is -0.129. The first-order valence-corrected chi connectivity index (χ1v) is 10.5. The quantitative estimate of drug-likeness (QED) is 0.507. The normalized spacial score (nSPS) is 12.3. The highest BCUT2D eigenvalue weighted by Crippen LogP contribution is 2.25. The summed E-state index contributed by atoms with van der Waals surface area (Å²) in [4.78, 5) is 12.1. The number of ether oxygens (including phenoxy) is 1. The molecule has 0 aliphatic carbocycles. The van der Waals surface area contributed by atoms with Gasteiger partial charge in [0.15, 0.2) is 5.78 Å². The molecule has 0 heterocycles. The number of aryl methyl sites for hydroxylation is 1. The van der Waals surface area contributed by atoms with Gasteiger partial charge in [0, 0.05) is 0 Å². The Morgan fingerprint density at radius 2 is 1.52 bits per heavy atom. The molecule has 5 nitrogen and oxygen atoms in total. The minimum atomic E-state index is -3.92. The average Bonchev–Trinajstić information content (AvgIpc) is 2.70. The Morgan fingerprint density at radius 3 is 2.10 bits per heavy atom. The van der Waals surface area contributed by atoms with E-state index < -0.39 is 16.2 Å². The summed E-state index contributed by atoms with van der Waals surface area (Å²) >= 11 is 0. The summed E-state index contributed by atoms with van der Waals surface area (Å²) in [6, 6.07) is 22.3. The lowest BCUT2D eigenvalue weighted by Crippen LogP contribution is -2.13. The number of rotatable bonds is 8. The zero-order valence-corrected chi connectivity index (χ0v) is 17.1. The molecule has 1 unspecified atom stereocenters. The molecule has 3 aromatic carbocycles. The maximum atomic E-state index is 12.4. The van der Waals surface area contributed by atoms with E-state index in [9.17, 15) is 13.2 Å². The molecule has 3 aromatic rings. The number of Topliss-reactive ketones (excluding diaryl/α,β-unsaturated/α-hetero) is 1. The molecule has 0 aliphatic heterocycles. The average molecular weight is 410 g/mol. The molecule has 0 N–H and O–H groups in total. The van der Waals surface area contributed by atoms with Crippen LogP contribution in [0.5, 0.6) is 5.75 Å². The highest BCUT2D eigenvalue weighted by atomic mass is 32.2. The lowest BCUT2D eigenvalue weighted by Gasteiger charge is -2.16. The van der Waals surface area contributed by atoms with Crippen molar-refractivity contribution in [3.63, 3.8) is 0 Å². The highest BCUT2D eigenvalue weighted by Gasteiger charge is 2.20. The maximum Gasteiger partial charge on any atom is 0.339 e. The van der Waals surface area contributed by atoms with E-state index in [0.29, 0.717) is 12.2 Å². The molecule has 0 amide bonds. The first kappa shape index (κ1) is 20.8. The fourth-order valence-electron chi connectivity index (χ4n) is 2.78. The second-order valence-corrected chi connectivity index (χ2v) is 8.25. The SMILES string of the molecule is CC(=O)C(OCc1ccccc1)c1ccc(OS(=O)(=O)c2ccc(C)cc2)cc1. The van der Waals surface area contributed by atoms with Crippen molar-refractivity contribution >= 4 is 15.9 Å². The topological polar surface area (TPSA) is 69.7 Å². The Morgan fingerprint density at radius 1 is 0.897 bits per heavy atom. The van der Waals surface area contributed by atoms with Crippen molar-refractivity contribution in [3.05, 3.63) is 95.6 Å². The van der Waals surface area contributed by atoms with Crippen LogP contribution in [-0.2, 0) is 26.3 Å². The van der Waals surface area contributed by atoms with Crippen LogP contribution >= 0.6 is 0 Å². The summed E-state index contributed by atoms with van der Waals surface area (Å²) in [5.41, 5.74) is 2.55. The van der Waals surface area contributed by atoms with Crippen LogP contribution in [0.25, 0.3) is 0 Å². The molecule has 0 fully saturated rings. The molecule has 6 heteroatoms. The number of carbonyl (C=O) groups is 1. The lowest BCUT2D eigenvalue weighted by atomic mass is 10.1. The minimum Gasteiger partial charge on any atom is -0.379 e. The highest BCUT2D eigenvalue weighted by molar-refractivity contribution is 7.87. The maximum absolute atomic E-state index is 12.4. The molecule has 0 saturated carbocycles. The van der Waals surface area contributed by atoms with Gasteiger partial charge in [-0.3, -0.25) is 4.79 Å². The molecule has 0 aromatic heterocycles. The Balaban J connectivity index is 1.72. The zero-order chi connectivity index (χ0) is 20.9. The molecule has 0 radical (unpaired) electrons. The predicted octanol–water partition coefficient (Wildman–Crippen LogP) is 4.61. The van der Waals surface area contributed by atoms with Crippen LogP contribution in [0.4, 0.5) is 0 Å². The molecular weight excluding hydrogens is 388 g/mol. The van der Waals surface area contributed by atoms with Crippen LogP contribution in [0.3, 0.4) is 0 Å². The fourth-order valence-corrected chi connectivity index (χ4v) is 3.71. The standard InChI is InChI=1S/C23H22O5S/c1-17-8-14-22(15-9-17)29(25,26)28-21-12-10-20(11-13-21)23(18(2)24)27-16-19-6-4-3-5-7-19/h3-15,23H,16H2,1-2H3. The van der Waals surface area contributed by atoms with Crippen LogP contribution < -0.4 is 4.18 Å². The van der Waals surface area contributed by atoms with Crippen molar-refractivity contribution < 1.29 is 22.1 Å². The van der Waals surface area contributed by atoms with E-state index in [1.807, 2.05) is 37.3 Å². The van der Waals surface area contributed by atoms with Gasteiger partial charge in [-0.2, -0.15) is 8.42 Å². The van der Waals surface area contributed by atoms with Gasteiger partial charge >= 0.3 is 10.1 Å². The fraction of sp³-hybridized carbons (Fsp3) is 0.174. The Bertz CT molecular complexity index is 1060. The van der Waals surface area contributed by atoms with Gasteiger partial charge in [-0.25, -0.2) is 0 Å². The van der Waals surface area contributed by atoms with Crippen molar-refractivity contribution in [1.82, 2.24) is 0 Å². The zero-order valence-electron chi connectivity index (χ0n) is 16.2. The van der Waals surface area contributed by atoms with E-state index in [2.05, 4.69) is 0 Å². The summed E-state index contributed by atoms with van der Waals surface area (Å²) in [6.07, 6.45) is -0.738. The number of hydrogen-bond donors (Lipinski definition) is 0. The van der Waals surface area contributed by atoms with Gasteiger partial charge in [0.05, 0.1) is 6.61 Å². The van der Waals surface area contributed by atoms with Crippen molar-refractivity contribution in [1.29, 1.82) is 0 Å². The van der Waals surface area contributed by atoms with Crippen molar-refractivity contribution in [2.75, 3.05) is 0 Å². The van der Waals surface area contributed by atoms with Crippen LogP contribution in [0.15, 0.2) is 83.8 Å². The number of hydrogen-bond acceptors (Lipinski definition) is 5. The molecule has 0 aliphatic rings. The smallest absolute Gasteiger partial charge is 0.339 e. The Labute approximate surface area is 171 Å². The van der Waals surface area contributed by atoms with Crippen LogP contribution in [0, 0.1) is 6.92 Å². The van der Waals surface area contributed by atoms with Crippen molar-refractivity contribution in [2.24, 2.45) is 0 Å². The predicted molar refractivity (Wildman–Crippen MR) is 110 cm³/mol. The molecule has 0 saturated heterocycles. The van der Waals surface area contributed by atoms with E-state index >= 15 is 0 Å². The number of carbonyl (C=O) groups excluding carboxylic acids is 1. The third kappa shape index (κ3) is 5.53. The molecule has 29 heavy (non-hydrogen) atoms. The first-order valence-electron chi connectivity index (χ1n) is 9.12. The van der Waals surface area contributed by atoms with E-state index in [-0.39, 0.29) is 16.4 Å². The molecule has 1 atom stereocenters. The Kier molecular flexibility index (Phi) is 6.46. The van der Waals surface area contributed by atoms with E-state index in [1.165, 1.54) is 31.2 Å². The van der Waals surface area contributed by atoms with Gasteiger partial charge in [-0.1, -0.05) is 60.2 Å². The second kappa shape index (κ2) is 9.03. The van der Waals surface area contributed by atoms with E-state index in [4.69, 9.17) is 8.92 Å². The van der Waals surface area contributed by atoms with E-state index in [0.717, 1.165) is 11.1 Å². The molecule has 150 valence electrons. The van der Waals surface area contributed by atoms with Gasteiger partial charge in [-0.15, -0.1) is 0 Å². The van der Waals surface area contributed by atoms with Crippen LogP contribution in [0.2, 0.25) is 0 Å². The van der Waals surface area contributed by atoms with Gasteiger partial charge in [0.25, 0.3) is 0 Å². The van der Waals surface area contributed by atoms with E-state index in [1.54, 1.807) is 24.3 Å². The van der Waals surface area contributed by atoms with Gasteiger partial charge in [0.2, 0.25) is 0 Å². The summed E-state index contributed by atoms with van der Waals surface area (Å²) in [6.45, 7) is 3.63. The number of benzene rings is 3. The van der Waals surface area contributed by atoms with Crippen LogP contribution in [0.1, 0.15) is 29.7 Å². The first-order chi connectivity index (χ1) is 13.8. The summed E-state index contributed by atoms with van der Waals surface area (Å²) in [5.74, 6) is 0.0292. The molecule has 0 bridgehead atoms. The molecular formula is C23H22O5S. The van der Waals surface area contributed by atoms with Gasteiger partial charge in [-0.05, 0) is 49.2 Å². The Hall–Kier alpha value is -2.96. The number of ketones is 1. The third-order valence-electron chi connectivity index (χ3n) is 4.33. The van der Waals surface area contributed by atoms with Crippen molar-refractivity contribution in [3.8, 4) is 5.75 Å². The summed E-state index contributed by atoms with van der Waals surface area (Å²) in [5, 5.41) is 0. The van der Waals surface area contributed by atoms with Crippen LogP contribution in [-0.4, -0.2) is 14.2 Å². The monoisotopic (exact) mass is 410 g/mol. The molecule has 3 rings (SSSR count). The summed E-state index contributed by atoms with van der Waals surface area (Å²) < 4.78 is 35.8. The second-order valence-electron chi connectivity index (χ2n) is 6.71. The third-order valence-corrected chi connectivity index (χ3v) is 5.59. The summed E-state index contributed by atoms with van der Waals surface area (Å²) in [7, 11) is -3.92.